The van der Waals surface area contributed by atoms with Crippen LogP contribution >= 0.6 is 0 Å². The molecule has 0 aliphatic rings. The number of carboxylic acids is 1. The number of halogens is 1. The van der Waals surface area contributed by atoms with Crippen LogP contribution < -0.4 is 10.5 Å². The first-order valence-corrected chi connectivity index (χ1v) is 6.19. The predicted octanol–water partition coefficient (Wildman–Crippen LogP) is 2.28. The van der Waals surface area contributed by atoms with Gasteiger partial charge in [-0.15, -0.1) is 0 Å². The average Bonchev–Trinajstić information content (AvgIpc) is 2.45. The van der Waals surface area contributed by atoms with Crippen molar-refractivity contribution in [2.45, 2.75) is 12.5 Å². The smallest absolute Gasteiger partial charge is 0.320 e. The Balaban J connectivity index is 2.05. The van der Waals surface area contributed by atoms with Gasteiger partial charge in [-0.25, -0.2) is 4.39 Å². The van der Waals surface area contributed by atoms with Gasteiger partial charge in [-0.05, 0) is 36.2 Å². The highest BCUT2D eigenvalue weighted by Crippen LogP contribution is 2.26. The molecule has 0 amide bonds. The fourth-order valence-corrected chi connectivity index (χ4v) is 1.72. The first kappa shape index (κ1) is 14.8. The molecule has 21 heavy (non-hydrogen) atoms. The van der Waals surface area contributed by atoms with Crippen LogP contribution in [0.1, 0.15) is 5.56 Å². The number of ether oxygens (including phenoxy) is 1. The number of hydrogen-bond donors (Lipinski definition) is 3. The topological polar surface area (TPSA) is 92.8 Å². The van der Waals surface area contributed by atoms with Crippen molar-refractivity contribution in [3.8, 4) is 17.2 Å². The Hall–Kier alpha value is -2.60. The van der Waals surface area contributed by atoms with Crippen molar-refractivity contribution >= 4 is 5.97 Å². The molecule has 2 aromatic rings. The minimum atomic E-state index is -1.06. The van der Waals surface area contributed by atoms with Crippen molar-refractivity contribution in [1.82, 2.24) is 0 Å². The normalized spacial score (nSPS) is 11.9. The van der Waals surface area contributed by atoms with Crippen LogP contribution in [0.5, 0.6) is 17.2 Å². The van der Waals surface area contributed by atoms with Gasteiger partial charge in [0.15, 0.2) is 11.6 Å². The molecule has 6 heteroatoms. The zero-order valence-corrected chi connectivity index (χ0v) is 11.0. The van der Waals surface area contributed by atoms with Gasteiger partial charge < -0.3 is 20.7 Å². The SMILES string of the molecule is NC(Cc1ccc(Oc2ccc(O)c(F)c2)cc1)C(=O)O. The van der Waals surface area contributed by atoms with Gasteiger partial charge in [0.1, 0.15) is 17.5 Å². The monoisotopic (exact) mass is 291 g/mol. The lowest BCUT2D eigenvalue weighted by atomic mass is 10.1. The summed E-state index contributed by atoms with van der Waals surface area (Å²) in [5, 5.41) is 17.8. The molecular formula is C15H14FNO4. The van der Waals surface area contributed by atoms with Gasteiger partial charge in [0, 0.05) is 6.07 Å². The minimum Gasteiger partial charge on any atom is -0.505 e. The zero-order valence-electron chi connectivity index (χ0n) is 11.0. The number of aliphatic carboxylic acids is 1. The van der Waals surface area contributed by atoms with E-state index in [0.717, 1.165) is 11.6 Å². The highest BCUT2D eigenvalue weighted by atomic mass is 19.1. The average molecular weight is 291 g/mol. The highest BCUT2D eigenvalue weighted by Gasteiger charge is 2.12. The minimum absolute atomic E-state index is 0.212. The van der Waals surface area contributed by atoms with E-state index < -0.39 is 23.6 Å². The van der Waals surface area contributed by atoms with Crippen LogP contribution in [0.4, 0.5) is 4.39 Å². The standard InChI is InChI=1S/C15H14FNO4/c16-12-8-11(5-6-14(12)18)21-10-3-1-9(2-4-10)7-13(17)15(19)20/h1-6,8,13,18H,7,17H2,(H,19,20). The number of nitrogens with two attached hydrogens (primary N) is 1. The van der Waals surface area contributed by atoms with Crippen LogP contribution in [0.2, 0.25) is 0 Å². The third kappa shape index (κ3) is 3.93. The molecule has 0 bridgehead atoms. The summed E-state index contributed by atoms with van der Waals surface area (Å²) in [5.74, 6) is -1.56. The molecule has 0 radical (unpaired) electrons. The lowest BCUT2D eigenvalue weighted by Gasteiger charge is -2.09. The molecular weight excluding hydrogens is 277 g/mol. The van der Waals surface area contributed by atoms with E-state index in [0.29, 0.717) is 5.75 Å². The Labute approximate surface area is 120 Å². The summed E-state index contributed by atoms with van der Waals surface area (Å²) in [6.45, 7) is 0. The summed E-state index contributed by atoms with van der Waals surface area (Å²) in [4.78, 5) is 10.7. The lowest BCUT2D eigenvalue weighted by Crippen LogP contribution is -2.32. The second-order valence-corrected chi connectivity index (χ2v) is 4.51. The number of phenols is 1. The van der Waals surface area contributed by atoms with Crippen molar-refractivity contribution in [3.05, 3.63) is 53.8 Å². The molecule has 0 aliphatic carbocycles. The highest BCUT2D eigenvalue weighted by molar-refractivity contribution is 5.73. The van der Waals surface area contributed by atoms with E-state index in [1.807, 2.05) is 0 Å². The Morgan fingerprint density at radius 3 is 2.38 bits per heavy atom. The van der Waals surface area contributed by atoms with Crippen LogP contribution in [0.15, 0.2) is 42.5 Å². The summed E-state index contributed by atoms with van der Waals surface area (Å²) in [6, 6.07) is 9.40. The van der Waals surface area contributed by atoms with Crippen molar-refractivity contribution in [1.29, 1.82) is 0 Å². The molecule has 2 rings (SSSR count). The van der Waals surface area contributed by atoms with Crippen LogP contribution in [0.25, 0.3) is 0 Å². The molecule has 0 saturated heterocycles. The summed E-state index contributed by atoms with van der Waals surface area (Å²) in [5.41, 5.74) is 6.20. The Kier molecular flexibility index (Phi) is 4.39. The van der Waals surface area contributed by atoms with E-state index in [2.05, 4.69) is 0 Å². The number of phenolic OH excluding ortho intramolecular Hbond substituents is 1. The molecule has 0 spiro atoms. The maximum absolute atomic E-state index is 13.2. The third-order valence-electron chi connectivity index (χ3n) is 2.85. The fraction of sp³-hybridized carbons (Fsp3) is 0.133. The number of aromatic hydroxyl groups is 1. The summed E-state index contributed by atoms with van der Waals surface area (Å²) in [7, 11) is 0. The van der Waals surface area contributed by atoms with E-state index in [1.54, 1.807) is 24.3 Å². The van der Waals surface area contributed by atoms with Crippen LogP contribution in [0, 0.1) is 5.82 Å². The second-order valence-electron chi connectivity index (χ2n) is 4.51. The number of carbonyl (C=O) groups is 1. The van der Waals surface area contributed by atoms with E-state index >= 15 is 0 Å². The third-order valence-corrected chi connectivity index (χ3v) is 2.85. The second kappa shape index (κ2) is 6.23. The molecule has 0 aliphatic heterocycles. The van der Waals surface area contributed by atoms with Crippen LogP contribution in [-0.2, 0) is 11.2 Å². The van der Waals surface area contributed by atoms with Crippen molar-refractivity contribution < 1.29 is 24.1 Å². The quantitative estimate of drug-likeness (QED) is 0.786. The van der Waals surface area contributed by atoms with Gasteiger partial charge in [-0.1, -0.05) is 12.1 Å². The number of rotatable bonds is 5. The first-order chi connectivity index (χ1) is 9.95. The predicted molar refractivity (Wildman–Crippen MR) is 73.9 cm³/mol. The van der Waals surface area contributed by atoms with Gasteiger partial charge >= 0.3 is 5.97 Å². The largest absolute Gasteiger partial charge is 0.505 e. The zero-order chi connectivity index (χ0) is 15.4. The van der Waals surface area contributed by atoms with Gasteiger partial charge in [-0.2, -0.15) is 0 Å². The molecule has 0 fully saturated rings. The molecule has 1 unspecified atom stereocenters. The molecule has 0 saturated carbocycles. The van der Waals surface area contributed by atoms with Gasteiger partial charge in [0.2, 0.25) is 0 Å². The molecule has 110 valence electrons. The lowest BCUT2D eigenvalue weighted by molar-refractivity contribution is -0.138. The van der Waals surface area contributed by atoms with Crippen molar-refractivity contribution in [2.75, 3.05) is 0 Å². The molecule has 5 nitrogen and oxygen atoms in total. The molecule has 4 N–H and O–H groups in total. The molecule has 1 atom stereocenters. The molecule has 0 aromatic heterocycles. The van der Waals surface area contributed by atoms with Crippen molar-refractivity contribution in [2.24, 2.45) is 5.73 Å². The van der Waals surface area contributed by atoms with Gasteiger partial charge in [0.25, 0.3) is 0 Å². The summed E-state index contributed by atoms with van der Waals surface area (Å²) in [6.07, 6.45) is 0.212. The Morgan fingerprint density at radius 2 is 1.81 bits per heavy atom. The Bertz CT molecular complexity index is 643. The van der Waals surface area contributed by atoms with E-state index in [4.69, 9.17) is 20.7 Å². The Morgan fingerprint density at radius 1 is 1.19 bits per heavy atom. The van der Waals surface area contributed by atoms with Crippen LogP contribution in [0.3, 0.4) is 0 Å². The van der Waals surface area contributed by atoms with Gasteiger partial charge in [0.05, 0.1) is 0 Å². The van der Waals surface area contributed by atoms with E-state index in [9.17, 15) is 9.18 Å². The van der Waals surface area contributed by atoms with Gasteiger partial charge in [-0.3, -0.25) is 4.79 Å². The van der Waals surface area contributed by atoms with Crippen LogP contribution in [-0.4, -0.2) is 22.2 Å². The fourth-order valence-electron chi connectivity index (χ4n) is 1.72. The van der Waals surface area contributed by atoms with Crippen molar-refractivity contribution in [3.63, 3.8) is 0 Å². The maximum Gasteiger partial charge on any atom is 0.320 e. The van der Waals surface area contributed by atoms with E-state index in [-0.39, 0.29) is 12.2 Å². The maximum atomic E-state index is 13.2. The number of hydrogen-bond acceptors (Lipinski definition) is 4. The molecule has 0 heterocycles. The first-order valence-electron chi connectivity index (χ1n) is 6.19. The molecule has 2 aromatic carbocycles. The van der Waals surface area contributed by atoms with E-state index in [1.165, 1.54) is 12.1 Å². The number of benzene rings is 2. The summed E-state index contributed by atoms with van der Waals surface area (Å²) < 4.78 is 18.6. The number of carboxylic acid groups (broad SMARTS) is 1. The summed E-state index contributed by atoms with van der Waals surface area (Å²) >= 11 is 0.